The van der Waals surface area contributed by atoms with Gasteiger partial charge in [-0.15, -0.1) is 0 Å². The number of imide groups is 1. The number of carbonyl (C=O) groups is 2. The van der Waals surface area contributed by atoms with Crippen LogP contribution in [0.15, 0.2) is 11.1 Å². The van der Waals surface area contributed by atoms with E-state index in [1.54, 1.807) is 13.8 Å². The Labute approximate surface area is 89.1 Å². The first-order chi connectivity index (χ1) is 7.02. The lowest BCUT2D eigenvalue weighted by Crippen LogP contribution is -2.42. The van der Waals surface area contributed by atoms with Crippen molar-refractivity contribution in [2.75, 3.05) is 6.54 Å². The van der Waals surface area contributed by atoms with E-state index in [2.05, 4.69) is 0 Å². The minimum atomic E-state index is -0.173. The lowest BCUT2D eigenvalue weighted by molar-refractivity contribution is -0.137. The van der Waals surface area contributed by atoms with Gasteiger partial charge >= 0.3 is 0 Å². The van der Waals surface area contributed by atoms with Crippen LogP contribution in [-0.4, -0.2) is 29.3 Å². The van der Waals surface area contributed by atoms with Crippen LogP contribution in [0.2, 0.25) is 0 Å². The van der Waals surface area contributed by atoms with E-state index in [1.807, 2.05) is 0 Å². The first-order valence-corrected chi connectivity index (χ1v) is 5.31. The molecule has 15 heavy (non-hydrogen) atoms. The van der Waals surface area contributed by atoms with Crippen molar-refractivity contribution in [1.29, 1.82) is 0 Å². The van der Waals surface area contributed by atoms with Gasteiger partial charge in [-0.25, -0.2) is 0 Å². The zero-order valence-corrected chi connectivity index (χ0v) is 9.12. The molecule has 0 aromatic heterocycles. The van der Waals surface area contributed by atoms with Crippen LogP contribution in [0.25, 0.3) is 0 Å². The van der Waals surface area contributed by atoms with Gasteiger partial charge in [-0.3, -0.25) is 14.5 Å². The molecule has 1 unspecified atom stereocenters. The predicted molar refractivity (Wildman–Crippen MR) is 55.8 cm³/mol. The van der Waals surface area contributed by atoms with Gasteiger partial charge in [0.15, 0.2) is 0 Å². The molecule has 1 heterocycles. The fourth-order valence-electron chi connectivity index (χ4n) is 1.87. The van der Waals surface area contributed by atoms with Crippen molar-refractivity contribution in [2.45, 2.75) is 32.7 Å². The Bertz CT molecular complexity index is 332. The van der Waals surface area contributed by atoms with E-state index < -0.39 is 0 Å². The molecular formula is C11H16N2O2. The number of carbonyl (C=O) groups excluding carboxylic acids is 2. The van der Waals surface area contributed by atoms with Crippen LogP contribution in [0.5, 0.6) is 0 Å². The molecule has 0 radical (unpaired) electrons. The van der Waals surface area contributed by atoms with Gasteiger partial charge in [-0.2, -0.15) is 0 Å². The van der Waals surface area contributed by atoms with Gasteiger partial charge in [-0.05, 0) is 32.6 Å². The van der Waals surface area contributed by atoms with E-state index in [1.165, 1.54) is 4.90 Å². The zero-order valence-electron chi connectivity index (χ0n) is 9.12. The van der Waals surface area contributed by atoms with E-state index in [0.29, 0.717) is 23.6 Å². The molecule has 2 amide bonds. The molecule has 4 heteroatoms. The maximum atomic E-state index is 11.7. The average Bonchev–Trinajstić information content (AvgIpc) is 3.02. The standard InChI is InChI=1S/C11H16N2O2/c1-6-7(2)11(15)13(10(6)14)5-9(12)8-3-4-8/h8-9H,3-5,12H2,1-2H3. The third-order valence-corrected chi connectivity index (χ3v) is 3.32. The molecule has 0 spiro atoms. The topological polar surface area (TPSA) is 63.4 Å². The molecule has 0 bridgehead atoms. The Balaban J connectivity index is 2.05. The summed E-state index contributed by atoms with van der Waals surface area (Å²) < 4.78 is 0. The lowest BCUT2D eigenvalue weighted by atomic mass is 10.2. The van der Waals surface area contributed by atoms with Gasteiger partial charge in [0, 0.05) is 23.7 Å². The molecule has 0 aromatic rings. The highest BCUT2D eigenvalue weighted by Gasteiger charge is 2.37. The minimum absolute atomic E-state index is 0.0448. The van der Waals surface area contributed by atoms with E-state index in [-0.39, 0.29) is 17.9 Å². The summed E-state index contributed by atoms with van der Waals surface area (Å²) in [4.78, 5) is 24.7. The summed E-state index contributed by atoms with van der Waals surface area (Å²) in [5, 5.41) is 0. The van der Waals surface area contributed by atoms with Crippen molar-refractivity contribution >= 4 is 11.8 Å². The summed E-state index contributed by atoms with van der Waals surface area (Å²) in [5.41, 5.74) is 7.03. The highest BCUT2D eigenvalue weighted by Crippen LogP contribution is 2.32. The minimum Gasteiger partial charge on any atom is -0.326 e. The van der Waals surface area contributed by atoms with Crippen molar-refractivity contribution in [1.82, 2.24) is 4.90 Å². The molecule has 2 aliphatic rings. The van der Waals surface area contributed by atoms with Crippen molar-refractivity contribution < 1.29 is 9.59 Å². The fourth-order valence-corrected chi connectivity index (χ4v) is 1.87. The van der Waals surface area contributed by atoms with Gasteiger partial charge in [0.1, 0.15) is 0 Å². The monoisotopic (exact) mass is 208 g/mol. The van der Waals surface area contributed by atoms with Gasteiger partial charge < -0.3 is 5.73 Å². The first kappa shape index (κ1) is 10.4. The van der Waals surface area contributed by atoms with E-state index in [9.17, 15) is 9.59 Å². The summed E-state index contributed by atoms with van der Waals surface area (Å²) >= 11 is 0. The zero-order chi connectivity index (χ0) is 11.2. The van der Waals surface area contributed by atoms with Crippen LogP contribution in [0.1, 0.15) is 26.7 Å². The summed E-state index contributed by atoms with van der Waals surface area (Å²) in [5.74, 6) is 0.161. The Kier molecular flexibility index (Phi) is 2.38. The number of nitrogens with two attached hydrogens (primary N) is 1. The molecule has 82 valence electrons. The number of amides is 2. The Morgan fingerprint density at radius 3 is 2.13 bits per heavy atom. The number of hydrogen-bond donors (Lipinski definition) is 1. The van der Waals surface area contributed by atoms with Crippen molar-refractivity contribution in [3.63, 3.8) is 0 Å². The molecule has 1 fully saturated rings. The van der Waals surface area contributed by atoms with E-state index in [4.69, 9.17) is 5.73 Å². The third kappa shape index (κ3) is 1.69. The molecule has 0 aromatic carbocycles. The van der Waals surface area contributed by atoms with Gasteiger partial charge in [0.2, 0.25) is 0 Å². The van der Waals surface area contributed by atoms with Crippen LogP contribution in [-0.2, 0) is 9.59 Å². The van der Waals surface area contributed by atoms with Gasteiger partial charge in [-0.1, -0.05) is 0 Å². The summed E-state index contributed by atoms with van der Waals surface area (Å²) in [6, 6.07) is -0.0448. The summed E-state index contributed by atoms with van der Waals surface area (Å²) in [6.07, 6.45) is 2.26. The first-order valence-electron chi connectivity index (χ1n) is 5.31. The molecule has 0 saturated heterocycles. The van der Waals surface area contributed by atoms with Crippen molar-refractivity contribution in [3.05, 3.63) is 11.1 Å². The smallest absolute Gasteiger partial charge is 0.256 e. The third-order valence-electron chi connectivity index (χ3n) is 3.32. The van der Waals surface area contributed by atoms with Crippen LogP contribution < -0.4 is 5.73 Å². The van der Waals surface area contributed by atoms with Crippen molar-refractivity contribution in [3.8, 4) is 0 Å². The number of hydrogen-bond acceptors (Lipinski definition) is 3. The van der Waals surface area contributed by atoms with E-state index in [0.717, 1.165) is 12.8 Å². The average molecular weight is 208 g/mol. The molecule has 1 saturated carbocycles. The fraction of sp³-hybridized carbons (Fsp3) is 0.636. The van der Waals surface area contributed by atoms with Crippen LogP contribution in [0.4, 0.5) is 0 Å². The molecule has 1 aliphatic carbocycles. The number of nitrogens with zero attached hydrogens (tertiary/aromatic N) is 1. The SMILES string of the molecule is CC1=C(C)C(=O)N(CC(N)C2CC2)C1=O. The highest BCUT2D eigenvalue weighted by molar-refractivity contribution is 6.18. The molecular weight excluding hydrogens is 192 g/mol. The van der Waals surface area contributed by atoms with Crippen LogP contribution in [0, 0.1) is 5.92 Å². The summed E-state index contributed by atoms with van der Waals surface area (Å²) in [6.45, 7) is 3.76. The molecule has 4 nitrogen and oxygen atoms in total. The number of rotatable bonds is 3. The molecule has 2 N–H and O–H groups in total. The predicted octanol–water partition coefficient (Wildman–Crippen LogP) is 0.429. The molecule has 1 atom stereocenters. The molecule has 1 aliphatic heterocycles. The van der Waals surface area contributed by atoms with Gasteiger partial charge in [0.05, 0.1) is 0 Å². The van der Waals surface area contributed by atoms with Gasteiger partial charge in [0.25, 0.3) is 11.8 Å². The highest BCUT2D eigenvalue weighted by atomic mass is 16.2. The van der Waals surface area contributed by atoms with Crippen molar-refractivity contribution in [2.24, 2.45) is 11.7 Å². The second-order valence-electron chi connectivity index (χ2n) is 4.47. The molecule has 2 rings (SSSR count). The van der Waals surface area contributed by atoms with Crippen LogP contribution >= 0.6 is 0 Å². The van der Waals surface area contributed by atoms with Crippen LogP contribution in [0.3, 0.4) is 0 Å². The largest absolute Gasteiger partial charge is 0.326 e. The Morgan fingerprint density at radius 2 is 1.73 bits per heavy atom. The Hall–Kier alpha value is -1.16. The quantitative estimate of drug-likeness (QED) is 0.684. The van der Waals surface area contributed by atoms with E-state index >= 15 is 0 Å². The maximum Gasteiger partial charge on any atom is 0.256 e. The second-order valence-corrected chi connectivity index (χ2v) is 4.47. The normalized spacial score (nSPS) is 24.1. The Morgan fingerprint density at radius 1 is 1.27 bits per heavy atom. The maximum absolute atomic E-state index is 11.7. The lowest BCUT2D eigenvalue weighted by Gasteiger charge is -2.19. The summed E-state index contributed by atoms with van der Waals surface area (Å²) in [7, 11) is 0. The second kappa shape index (κ2) is 3.45.